The number of hydrogen-bond acceptors (Lipinski definition) is 2. The maximum absolute atomic E-state index is 11.9. The third-order valence-electron chi connectivity index (χ3n) is 3.27. The predicted octanol–water partition coefficient (Wildman–Crippen LogP) is 3.75. The molecule has 0 aliphatic rings. The van der Waals surface area contributed by atoms with E-state index >= 15 is 0 Å². The van der Waals surface area contributed by atoms with Gasteiger partial charge in [-0.2, -0.15) is 0 Å². The number of carbonyl (C=O) groups is 1. The topological polar surface area (TPSA) is 29.1 Å². The first-order valence-electron chi connectivity index (χ1n) is 7.16. The van der Waals surface area contributed by atoms with Crippen LogP contribution in [0, 0.1) is 13.8 Å². The molecule has 0 radical (unpaired) electrons. The average molecular weight is 299 g/mol. The highest BCUT2D eigenvalue weighted by Gasteiger charge is 2.04. The summed E-state index contributed by atoms with van der Waals surface area (Å²) in [5, 5.41) is 2.97. The van der Waals surface area contributed by atoms with Crippen LogP contribution in [0.5, 0.6) is 0 Å². The molecule has 0 saturated carbocycles. The molecule has 0 saturated heterocycles. The molecule has 1 N–H and O–H groups in total. The predicted molar refractivity (Wildman–Crippen MR) is 89.8 cm³/mol. The van der Waals surface area contributed by atoms with E-state index in [-0.39, 0.29) is 5.91 Å². The molecule has 0 aromatic heterocycles. The molecule has 21 heavy (non-hydrogen) atoms. The smallest absolute Gasteiger partial charge is 0.230 e. The van der Waals surface area contributed by atoms with Crippen LogP contribution in [0.3, 0.4) is 0 Å². The number of benzene rings is 2. The summed E-state index contributed by atoms with van der Waals surface area (Å²) < 4.78 is 0. The van der Waals surface area contributed by atoms with Gasteiger partial charge in [-0.25, -0.2) is 0 Å². The first kappa shape index (κ1) is 15.6. The van der Waals surface area contributed by atoms with Gasteiger partial charge in [0.25, 0.3) is 0 Å². The molecular weight excluding hydrogens is 278 g/mol. The third-order valence-corrected chi connectivity index (χ3v) is 4.44. The maximum Gasteiger partial charge on any atom is 0.230 e. The van der Waals surface area contributed by atoms with E-state index in [4.69, 9.17) is 0 Å². The van der Waals surface area contributed by atoms with Crippen molar-refractivity contribution in [2.45, 2.75) is 25.2 Å². The Morgan fingerprint density at radius 2 is 1.86 bits per heavy atom. The number of carbonyl (C=O) groups excluding carboxylic acids is 1. The molecule has 0 bridgehead atoms. The van der Waals surface area contributed by atoms with Crippen molar-refractivity contribution in [2.24, 2.45) is 0 Å². The Labute approximate surface area is 131 Å². The van der Waals surface area contributed by atoms with Crippen molar-refractivity contribution in [3.05, 3.63) is 65.2 Å². The summed E-state index contributed by atoms with van der Waals surface area (Å²) in [5.41, 5.74) is 3.74. The number of aryl methyl sites for hydroxylation is 2. The van der Waals surface area contributed by atoms with Crippen molar-refractivity contribution in [3.8, 4) is 0 Å². The Balaban J connectivity index is 1.72. The van der Waals surface area contributed by atoms with Gasteiger partial charge in [0.05, 0.1) is 5.75 Å². The van der Waals surface area contributed by atoms with Crippen molar-refractivity contribution in [2.75, 3.05) is 12.3 Å². The summed E-state index contributed by atoms with van der Waals surface area (Å²) in [4.78, 5) is 13.0. The fraction of sp³-hybridized carbons (Fsp3) is 0.278. The molecule has 2 nitrogen and oxygen atoms in total. The summed E-state index contributed by atoms with van der Waals surface area (Å²) in [6.45, 7) is 4.86. The zero-order chi connectivity index (χ0) is 15.1. The van der Waals surface area contributed by atoms with Gasteiger partial charge in [-0.15, -0.1) is 11.8 Å². The van der Waals surface area contributed by atoms with Gasteiger partial charge in [0.15, 0.2) is 0 Å². The van der Waals surface area contributed by atoms with Gasteiger partial charge in [0.1, 0.15) is 0 Å². The molecule has 0 fully saturated rings. The first-order valence-corrected chi connectivity index (χ1v) is 8.14. The van der Waals surface area contributed by atoms with Crippen molar-refractivity contribution in [1.29, 1.82) is 0 Å². The molecular formula is C18H21NOS. The summed E-state index contributed by atoms with van der Waals surface area (Å²) >= 11 is 1.60. The van der Waals surface area contributed by atoms with Gasteiger partial charge in [-0.3, -0.25) is 4.79 Å². The molecule has 0 aliphatic heterocycles. The zero-order valence-electron chi connectivity index (χ0n) is 12.6. The number of thioether (sulfide) groups is 1. The van der Waals surface area contributed by atoms with E-state index < -0.39 is 0 Å². The Morgan fingerprint density at radius 3 is 2.57 bits per heavy atom. The van der Waals surface area contributed by atoms with Crippen LogP contribution < -0.4 is 5.32 Å². The minimum absolute atomic E-state index is 0.0934. The second-order valence-corrected chi connectivity index (χ2v) is 6.16. The van der Waals surface area contributed by atoms with Crippen molar-refractivity contribution in [1.82, 2.24) is 5.32 Å². The summed E-state index contributed by atoms with van der Waals surface area (Å²) in [6.07, 6.45) is 0.876. The van der Waals surface area contributed by atoms with Crippen LogP contribution in [0.2, 0.25) is 0 Å². The molecule has 0 heterocycles. The lowest BCUT2D eigenvalue weighted by atomic mass is 10.1. The van der Waals surface area contributed by atoms with E-state index in [2.05, 4.69) is 49.5 Å². The van der Waals surface area contributed by atoms with Crippen molar-refractivity contribution in [3.63, 3.8) is 0 Å². The summed E-state index contributed by atoms with van der Waals surface area (Å²) in [7, 11) is 0. The standard InChI is InChI=1S/C18H21NOS/c1-14-8-9-17(15(2)12-14)21-13-18(20)19-11-10-16-6-4-3-5-7-16/h3-9,12H,10-11,13H2,1-2H3,(H,19,20). The SMILES string of the molecule is Cc1ccc(SCC(=O)NCCc2ccccc2)c(C)c1. The van der Waals surface area contributed by atoms with E-state index in [9.17, 15) is 4.79 Å². The monoisotopic (exact) mass is 299 g/mol. The van der Waals surface area contributed by atoms with Gasteiger partial charge in [0.2, 0.25) is 5.91 Å². The highest BCUT2D eigenvalue weighted by atomic mass is 32.2. The van der Waals surface area contributed by atoms with Crippen LogP contribution in [0.1, 0.15) is 16.7 Å². The van der Waals surface area contributed by atoms with Gasteiger partial charge in [0, 0.05) is 11.4 Å². The molecule has 2 rings (SSSR count). The number of hydrogen-bond donors (Lipinski definition) is 1. The molecule has 0 atom stereocenters. The van der Waals surface area contributed by atoms with Gasteiger partial charge >= 0.3 is 0 Å². The third kappa shape index (κ3) is 5.27. The molecule has 2 aromatic rings. The normalized spacial score (nSPS) is 10.4. The Bertz CT molecular complexity index is 595. The zero-order valence-corrected chi connectivity index (χ0v) is 13.4. The number of amides is 1. The molecule has 0 spiro atoms. The van der Waals surface area contributed by atoms with Gasteiger partial charge < -0.3 is 5.32 Å². The molecule has 3 heteroatoms. The van der Waals surface area contributed by atoms with Crippen LogP contribution in [-0.4, -0.2) is 18.2 Å². The van der Waals surface area contributed by atoms with E-state index in [0.717, 1.165) is 6.42 Å². The van der Waals surface area contributed by atoms with Crippen LogP contribution in [0.15, 0.2) is 53.4 Å². The van der Waals surface area contributed by atoms with Crippen LogP contribution >= 0.6 is 11.8 Å². The van der Waals surface area contributed by atoms with Crippen LogP contribution in [-0.2, 0) is 11.2 Å². The lowest BCUT2D eigenvalue weighted by Crippen LogP contribution is -2.27. The van der Waals surface area contributed by atoms with E-state index in [1.165, 1.54) is 21.6 Å². The van der Waals surface area contributed by atoms with E-state index in [0.29, 0.717) is 12.3 Å². The minimum Gasteiger partial charge on any atom is -0.355 e. The maximum atomic E-state index is 11.9. The molecule has 0 aliphatic carbocycles. The fourth-order valence-electron chi connectivity index (χ4n) is 2.15. The number of nitrogens with one attached hydrogen (secondary N) is 1. The molecule has 1 amide bonds. The molecule has 0 unspecified atom stereocenters. The second-order valence-electron chi connectivity index (χ2n) is 5.14. The largest absolute Gasteiger partial charge is 0.355 e. The lowest BCUT2D eigenvalue weighted by molar-refractivity contribution is -0.118. The molecule has 110 valence electrons. The van der Waals surface area contributed by atoms with Crippen LogP contribution in [0.4, 0.5) is 0 Å². The van der Waals surface area contributed by atoms with Crippen molar-refractivity contribution < 1.29 is 4.79 Å². The van der Waals surface area contributed by atoms with Gasteiger partial charge in [-0.1, -0.05) is 48.0 Å². The Hall–Kier alpha value is -1.74. The van der Waals surface area contributed by atoms with Gasteiger partial charge in [-0.05, 0) is 37.5 Å². The lowest BCUT2D eigenvalue weighted by Gasteiger charge is -2.08. The van der Waals surface area contributed by atoms with Crippen LogP contribution in [0.25, 0.3) is 0 Å². The van der Waals surface area contributed by atoms with E-state index in [1.54, 1.807) is 11.8 Å². The number of rotatable bonds is 6. The van der Waals surface area contributed by atoms with E-state index in [1.807, 2.05) is 18.2 Å². The first-order chi connectivity index (χ1) is 10.1. The summed E-state index contributed by atoms with van der Waals surface area (Å²) in [5.74, 6) is 0.564. The fourth-order valence-corrected chi connectivity index (χ4v) is 2.99. The quantitative estimate of drug-likeness (QED) is 0.823. The highest BCUT2D eigenvalue weighted by Crippen LogP contribution is 2.22. The molecule has 2 aromatic carbocycles. The second kappa shape index (κ2) is 7.89. The average Bonchev–Trinajstić information content (AvgIpc) is 2.47. The Kier molecular flexibility index (Phi) is 5.88. The Morgan fingerprint density at radius 1 is 1.10 bits per heavy atom. The summed E-state index contributed by atoms with van der Waals surface area (Å²) in [6, 6.07) is 16.5. The highest BCUT2D eigenvalue weighted by molar-refractivity contribution is 8.00. The minimum atomic E-state index is 0.0934. The van der Waals surface area contributed by atoms with Crippen molar-refractivity contribution >= 4 is 17.7 Å².